The van der Waals surface area contributed by atoms with Crippen molar-refractivity contribution >= 4 is 17.3 Å². The minimum Gasteiger partial charge on any atom is -0.353 e. The van der Waals surface area contributed by atoms with Gasteiger partial charge in [0.2, 0.25) is 0 Å². The van der Waals surface area contributed by atoms with Crippen molar-refractivity contribution in [2.45, 2.75) is 6.42 Å². The number of benzene rings is 2. The molecule has 1 aromatic heterocycles. The van der Waals surface area contributed by atoms with E-state index in [1.54, 1.807) is 42.5 Å². The second-order valence-corrected chi connectivity index (χ2v) is 5.63. The van der Waals surface area contributed by atoms with Gasteiger partial charge in [-0.25, -0.2) is 8.78 Å². The van der Waals surface area contributed by atoms with Gasteiger partial charge in [0.25, 0.3) is 5.91 Å². The zero-order valence-electron chi connectivity index (χ0n) is 13.9. The average molecular weight is 353 g/mol. The van der Waals surface area contributed by atoms with Crippen molar-refractivity contribution in [2.24, 2.45) is 0 Å². The van der Waals surface area contributed by atoms with Crippen LogP contribution in [0.4, 0.5) is 20.2 Å². The molecule has 0 saturated carbocycles. The molecule has 0 aliphatic rings. The molecular formula is C20H17F2N3O. The third kappa shape index (κ3) is 4.42. The van der Waals surface area contributed by atoms with E-state index in [0.717, 1.165) is 0 Å². The number of pyridine rings is 1. The van der Waals surface area contributed by atoms with Crippen LogP contribution in [-0.2, 0) is 6.42 Å². The molecule has 0 fully saturated rings. The quantitative estimate of drug-likeness (QED) is 0.702. The summed E-state index contributed by atoms with van der Waals surface area (Å²) >= 11 is 0. The molecule has 6 heteroatoms. The van der Waals surface area contributed by atoms with Gasteiger partial charge < -0.3 is 10.6 Å². The number of halogens is 2. The molecule has 0 saturated heterocycles. The minimum atomic E-state index is -0.389. The number of hydrogen-bond acceptors (Lipinski definition) is 3. The maximum absolute atomic E-state index is 13.7. The Bertz CT molecular complexity index is 915. The van der Waals surface area contributed by atoms with Crippen LogP contribution in [0.25, 0.3) is 0 Å². The second-order valence-electron chi connectivity index (χ2n) is 5.63. The molecule has 0 bridgehead atoms. The van der Waals surface area contributed by atoms with E-state index < -0.39 is 0 Å². The first-order chi connectivity index (χ1) is 12.6. The lowest BCUT2D eigenvalue weighted by Crippen LogP contribution is -2.26. The van der Waals surface area contributed by atoms with E-state index in [-0.39, 0.29) is 29.8 Å². The first-order valence-electron chi connectivity index (χ1n) is 8.13. The predicted octanol–water partition coefficient (Wildman–Crippen LogP) is 4.08. The Morgan fingerprint density at radius 1 is 0.962 bits per heavy atom. The summed E-state index contributed by atoms with van der Waals surface area (Å²) in [5, 5.41) is 5.62. The van der Waals surface area contributed by atoms with E-state index in [2.05, 4.69) is 15.6 Å². The van der Waals surface area contributed by atoms with Crippen molar-refractivity contribution < 1.29 is 13.6 Å². The molecule has 26 heavy (non-hydrogen) atoms. The topological polar surface area (TPSA) is 54.0 Å². The van der Waals surface area contributed by atoms with Gasteiger partial charge in [0.05, 0.1) is 5.69 Å². The molecule has 1 amide bonds. The Labute approximate surface area is 149 Å². The lowest BCUT2D eigenvalue weighted by molar-refractivity contribution is 0.0949. The van der Waals surface area contributed by atoms with E-state index in [1.807, 2.05) is 0 Å². The molecule has 1 heterocycles. The highest BCUT2D eigenvalue weighted by atomic mass is 19.1. The van der Waals surface area contributed by atoms with Crippen molar-refractivity contribution in [2.75, 3.05) is 11.9 Å². The van der Waals surface area contributed by atoms with Crippen molar-refractivity contribution in [3.8, 4) is 0 Å². The summed E-state index contributed by atoms with van der Waals surface area (Å²) in [4.78, 5) is 16.2. The van der Waals surface area contributed by atoms with E-state index >= 15 is 0 Å². The van der Waals surface area contributed by atoms with Crippen LogP contribution in [0.5, 0.6) is 0 Å². The maximum Gasteiger partial charge on any atom is 0.269 e. The third-order valence-corrected chi connectivity index (χ3v) is 3.78. The summed E-state index contributed by atoms with van der Waals surface area (Å²) in [6.07, 6.45) is 1.85. The molecule has 0 unspecified atom stereocenters. The number of hydrogen-bond donors (Lipinski definition) is 2. The van der Waals surface area contributed by atoms with Gasteiger partial charge in [0, 0.05) is 18.4 Å². The SMILES string of the molecule is O=C(NCCc1ccccc1F)c1cc(Nc2ccccc2F)ccn1. The molecule has 132 valence electrons. The van der Waals surface area contributed by atoms with Crippen LogP contribution in [0.2, 0.25) is 0 Å². The van der Waals surface area contributed by atoms with Gasteiger partial charge in [0.1, 0.15) is 17.3 Å². The number of amides is 1. The van der Waals surface area contributed by atoms with Crippen LogP contribution < -0.4 is 10.6 Å². The first-order valence-corrected chi connectivity index (χ1v) is 8.13. The molecule has 2 N–H and O–H groups in total. The molecule has 3 aromatic rings. The molecule has 3 rings (SSSR count). The summed E-state index contributed by atoms with van der Waals surface area (Å²) in [5.41, 5.74) is 1.59. The normalized spacial score (nSPS) is 10.4. The smallest absolute Gasteiger partial charge is 0.269 e. The number of carbonyl (C=O) groups is 1. The summed E-state index contributed by atoms with van der Waals surface area (Å²) in [7, 11) is 0. The molecule has 0 spiro atoms. The number of para-hydroxylation sites is 1. The van der Waals surface area contributed by atoms with Gasteiger partial charge in [-0.3, -0.25) is 9.78 Å². The van der Waals surface area contributed by atoms with Crippen LogP contribution >= 0.6 is 0 Å². The van der Waals surface area contributed by atoms with Crippen molar-refractivity contribution in [3.05, 3.63) is 89.8 Å². The first kappa shape index (κ1) is 17.5. The molecule has 0 radical (unpaired) electrons. The van der Waals surface area contributed by atoms with Crippen molar-refractivity contribution in [1.82, 2.24) is 10.3 Å². The van der Waals surface area contributed by atoms with Crippen molar-refractivity contribution in [1.29, 1.82) is 0 Å². The van der Waals surface area contributed by atoms with E-state index in [4.69, 9.17) is 0 Å². The molecule has 2 aromatic carbocycles. The van der Waals surface area contributed by atoms with E-state index in [1.165, 1.54) is 24.4 Å². The Morgan fingerprint density at radius 2 is 1.69 bits per heavy atom. The van der Waals surface area contributed by atoms with Gasteiger partial charge in [-0.2, -0.15) is 0 Å². The summed E-state index contributed by atoms with van der Waals surface area (Å²) in [5.74, 6) is -1.06. The van der Waals surface area contributed by atoms with Crippen molar-refractivity contribution in [3.63, 3.8) is 0 Å². The van der Waals surface area contributed by atoms with Gasteiger partial charge in [-0.15, -0.1) is 0 Å². The standard InChI is InChI=1S/C20H17F2N3O/c21-16-6-2-1-5-14(16)9-11-24-20(26)19-13-15(10-12-23-19)25-18-8-4-3-7-17(18)22/h1-8,10,12-13H,9,11H2,(H,23,25)(H,24,26). The Hall–Kier alpha value is -3.28. The molecule has 0 aliphatic carbocycles. The highest BCUT2D eigenvalue weighted by molar-refractivity contribution is 5.93. The Balaban J connectivity index is 1.61. The largest absolute Gasteiger partial charge is 0.353 e. The Kier molecular flexibility index (Phi) is 5.53. The fraction of sp³-hybridized carbons (Fsp3) is 0.100. The Morgan fingerprint density at radius 3 is 2.46 bits per heavy atom. The monoisotopic (exact) mass is 353 g/mol. The van der Waals surface area contributed by atoms with Crippen LogP contribution in [-0.4, -0.2) is 17.4 Å². The maximum atomic E-state index is 13.7. The number of rotatable bonds is 6. The van der Waals surface area contributed by atoms with Gasteiger partial charge >= 0.3 is 0 Å². The fourth-order valence-corrected chi connectivity index (χ4v) is 2.45. The average Bonchev–Trinajstić information content (AvgIpc) is 2.65. The van der Waals surface area contributed by atoms with Crippen LogP contribution in [0.3, 0.4) is 0 Å². The van der Waals surface area contributed by atoms with Gasteiger partial charge in [0.15, 0.2) is 0 Å². The number of anilines is 2. The van der Waals surface area contributed by atoms with Crippen LogP contribution in [0, 0.1) is 11.6 Å². The van der Waals surface area contributed by atoms with E-state index in [9.17, 15) is 13.6 Å². The molecule has 0 atom stereocenters. The third-order valence-electron chi connectivity index (χ3n) is 3.78. The summed E-state index contributed by atoms with van der Waals surface area (Å²) in [6.45, 7) is 0.284. The highest BCUT2D eigenvalue weighted by Crippen LogP contribution is 2.19. The van der Waals surface area contributed by atoms with E-state index in [0.29, 0.717) is 23.4 Å². The molecular weight excluding hydrogens is 336 g/mol. The molecule has 4 nitrogen and oxygen atoms in total. The zero-order valence-corrected chi connectivity index (χ0v) is 13.9. The fourth-order valence-electron chi connectivity index (χ4n) is 2.45. The molecule has 0 aliphatic heterocycles. The van der Waals surface area contributed by atoms with Gasteiger partial charge in [-0.1, -0.05) is 30.3 Å². The lowest BCUT2D eigenvalue weighted by Gasteiger charge is -2.09. The number of aromatic nitrogens is 1. The summed E-state index contributed by atoms with van der Waals surface area (Å²) < 4.78 is 27.3. The number of carbonyl (C=O) groups excluding carboxylic acids is 1. The lowest BCUT2D eigenvalue weighted by atomic mass is 10.1. The zero-order chi connectivity index (χ0) is 18.4. The summed E-state index contributed by atoms with van der Waals surface area (Å²) in [6, 6.07) is 15.9. The predicted molar refractivity (Wildman–Crippen MR) is 96.4 cm³/mol. The number of nitrogens with one attached hydrogen (secondary N) is 2. The highest BCUT2D eigenvalue weighted by Gasteiger charge is 2.09. The minimum absolute atomic E-state index is 0.194. The van der Waals surface area contributed by atoms with Crippen LogP contribution in [0.15, 0.2) is 66.9 Å². The second kappa shape index (κ2) is 8.20. The number of nitrogens with zero attached hydrogens (tertiary/aromatic N) is 1. The van der Waals surface area contributed by atoms with Gasteiger partial charge in [-0.05, 0) is 42.3 Å². The van der Waals surface area contributed by atoms with Crippen LogP contribution in [0.1, 0.15) is 16.1 Å².